The second-order valence-electron chi connectivity index (χ2n) is 6.90. The molecule has 3 aromatic rings. The summed E-state index contributed by atoms with van der Waals surface area (Å²) in [6.45, 7) is 0.885. The van der Waals surface area contributed by atoms with Crippen molar-refractivity contribution in [2.24, 2.45) is 0 Å². The highest BCUT2D eigenvalue weighted by molar-refractivity contribution is 5.69. The van der Waals surface area contributed by atoms with Crippen LogP contribution < -0.4 is 24.3 Å². The van der Waals surface area contributed by atoms with Gasteiger partial charge >= 0.3 is 5.97 Å². The number of aromatic nitrogens is 2. The molecule has 34 heavy (non-hydrogen) atoms. The number of nitrogens with zero attached hydrogens (tertiary/aromatic N) is 2. The lowest BCUT2D eigenvalue weighted by atomic mass is 10.1. The molecular formula is C23H23F2N3O6. The van der Waals surface area contributed by atoms with Gasteiger partial charge in [0.2, 0.25) is 5.95 Å². The molecule has 2 aromatic carbocycles. The fourth-order valence-corrected chi connectivity index (χ4v) is 3.00. The summed E-state index contributed by atoms with van der Waals surface area (Å²) in [4.78, 5) is 18.9. The first-order chi connectivity index (χ1) is 16.4. The van der Waals surface area contributed by atoms with E-state index in [1.807, 2.05) is 0 Å². The molecule has 11 heteroatoms. The van der Waals surface area contributed by atoms with Gasteiger partial charge in [0.25, 0.3) is 0 Å². The molecule has 0 fully saturated rings. The van der Waals surface area contributed by atoms with E-state index >= 15 is 0 Å². The Morgan fingerprint density at radius 3 is 2.32 bits per heavy atom. The van der Waals surface area contributed by atoms with Crippen molar-refractivity contribution in [3.63, 3.8) is 0 Å². The van der Waals surface area contributed by atoms with Crippen molar-refractivity contribution >= 4 is 17.6 Å². The minimum Gasteiger partial charge on any atom is -0.494 e. The van der Waals surface area contributed by atoms with E-state index in [4.69, 9.17) is 24.1 Å². The maximum atomic E-state index is 14.6. The smallest absolute Gasteiger partial charge is 0.341 e. The van der Waals surface area contributed by atoms with Crippen molar-refractivity contribution in [3.05, 3.63) is 59.4 Å². The van der Waals surface area contributed by atoms with Crippen molar-refractivity contribution in [2.75, 3.05) is 26.1 Å². The third-order valence-corrected chi connectivity index (χ3v) is 4.72. The average Bonchev–Trinajstić information content (AvgIpc) is 2.84. The number of halogens is 2. The molecule has 3 rings (SSSR count). The first kappa shape index (κ1) is 24.5. The molecule has 0 saturated carbocycles. The number of aliphatic carboxylic acids is 1. The number of methoxy groups -OCH3 is 2. The summed E-state index contributed by atoms with van der Waals surface area (Å²) in [6, 6.07) is 6.10. The number of hydrogen-bond acceptors (Lipinski definition) is 8. The topological polar surface area (TPSA) is 112 Å². The van der Waals surface area contributed by atoms with Crippen molar-refractivity contribution in [1.29, 1.82) is 0 Å². The van der Waals surface area contributed by atoms with Crippen LogP contribution in [-0.2, 0) is 17.8 Å². The van der Waals surface area contributed by atoms with Crippen LogP contribution in [0, 0.1) is 11.6 Å². The fourth-order valence-electron chi connectivity index (χ4n) is 3.00. The Labute approximate surface area is 194 Å². The summed E-state index contributed by atoms with van der Waals surface area (Å²) in [5, 5.41) is 11.7. The zero-order valence-corrected chi connectivity index (χ0v) is 18.7. The molecule has 1 heterocycles. The zero-order valence-electron chi connectivity index (χ0n) is 18.7. The molecule has 0 unspecified atom stereocenters. The third-order valence-electron chi connectivity index (χ3n) is 4.72. The van der Waals surface area contributed by atoms with Gasteiger partial charge in [0, 0.05) is 11.8 Å². The number of carbonyl (C=O) groups is 1. The highest BCUT2D eigenvalue weighted by Crippen LogP contribution is 2.31. The Morgan fingerprint density at radius 2 is 1.71 bits per heavy atom. The Balaban J connectivity index is 1.68. The van der Waals surface area contributed by atoms with E-state index in [0.717, 1.165) is 0 Å². The molecule has 0 spiro atoms. The Morgan fingerprint density at radius 1 is 1.00 bits per heavy atom. The fraction of sp³-hybridized carbons (Fsp3) is 0.261. The van der Waals surface area contributed by atoms with E-state index in [1.54, 1.807) is 25.1 Å². The number of carboxylic acid groups (broad SMARTS) is 1. The van der Waals surface area contributed by atoms with Crippen molar-refractivity contribution in [3.8, 4) is 23.0 Å². The molecular weight excluding hydrogens is 452 g/mol. The molecule has 0 saturated heterocycles. The predicted molar refractivity (Wildman–Crippen MR) is 118 cm³/mol. The largest absolute Gasteiger partial charge is 0.494 e. The molecule has 2 N–H and O–H groups in total. The summed E-state index contributed by atoms with van der Waals surface area (Å²) < 4.78 is 49.9. The van der Waals surface area contributed by atoms with Crippen LogP contribution in [0.3, 0.4) is 0 Å². The maximum Gasteiger partial charge on any atom is 0.341 e. The van der Waals surface area contributed by atoms with Crippen LogP contribution >= 0.6 is 0 Å². The SMILES string of the molecule is CCc1cc(OC)c(F)c(COc2cnc(Nc3ccc(OCC(=O)O)c(OC)c3)nc2)c1F. The normalized spacial score (nSPS) is 10.5. The standard InChI is InChI=1S/C23H23F2N3O6/c1-4-13-7-19(32-3)22(25)16(21(13)24)11-33-15-9-26-23(27-10-15)28-14-5-6-17(18(8-14)31-2)34-12-20(29)30/h5-10H,4,11-12H2,1-3H3,(H,29,30)(H,26,27,28). The first-order valence-electron chi connectivity index (χ1n) is 10.1. The number of carboxylic acids is 1. The Bertz CT molecular complexity index is 1130. The number of anilines is 2. The van der Waals surface area contributed by atoms with Crippen molar-refractivity contribution in [1.82, 2.24) is 9.97 Å². The van der Waals surface area contributed by atoms with Gasteiger partial charge in [0.05, 0.1) is 32.2 Å². The maximum absolute atomic E-state index is 14.6. The number of hydrogen-bond donors (Lipinski definition) is 2. The van der Waals surface area contributed by atoms with Gasteiger partial charge in [0.1, 0.15) is 12.4 Å². The summed E-state index contributed by atoms with van der Waals surface area (Å²) in [7, 11) is 2.74. The van der Waals surface area contributed by atoms with Crippen LogP contribution in [0.1, 0.15) is 18.1 Å². The van der Waals surface area contributed by atoms with Gasteiger partial charge in [0.15, 0.2) is 35.4 Å². The molecule has 0 atom stereocenters. The van der Waals surface area contributed by atoms with Crippen LogP contribution in [0.15, 0.2) is 36.7 Å². The highest BCUT2D eigenvalue weighted by Gasteiger charge is 2.19. The number of rotatable bonds is 11. The van der Waals surface area contributed by atoms with E-state index in [0.29, 0.717) is 23.4 Å². The van der Waals surface area contributed by atoms with E-state index in [1.165, 1.54) is 32.7 Å². The number of aryl methyl sites for hydroxylation is 1. The summed E-state index contributed by atoms with van der Waals surface area (Å²) in [6.07, 6.45) is 3.08. The van der Waals surface area contributed by atoms with E-state index in [2.05, 4.69) is 15.3 Å². The first-order valence-corrected chi connectivity index (χ1v) is 10.1. The molecule has 0 aliphatic rings. The molecule has 0 aliphatic carbocycles. The minimum atomic E-state index is -1.11. The van der Waals surface area contributed by atoms with Gasteiger partial charge < -0.3 is 29.4 Å². The lowest BCUT2D eigenvalue weighted by molar-refractivity contribution is -0.139. The molecule has 0 amide bonds. The quantitative estimate of drug-likeness (QED) is 0.423. The molecule has 1 aromatic heterocycles. The summed E-state index contributed by atoms with van der Waals surface area (Å²) in [5.41, 5.74) is 0.638. The Hall–Kier alpha value is -4.15. The van der Waals surface area contributed by atoms with Crippen LogP contribution in [0.4, 0.5) is 20.4 Å². The number of nitrogens with one attached hydrogen (secondary N) is 1. The highest BCUT2D eigenvalue weighted by atomic mass is 19.1. The summed E-state index contributed by atoms with van der Waals surface area (Å²) >= 11 is 0. The molecule has 0 bridgehead atoms. The minimum absolute atomic E-state index is 0.0533. The van der Waals surface area contributed by atoms with Gasteiger partial charge in [-0.1, -0.05) is 6.92 Å². The van der Waals surface area contributed by atoms with Crippen molar-refractivity contribution < 1.29 is 37.6 Å². The predicted octanol–water partition coefficient (Wildman–Crippen LogP) is 4.12. The zero-order chi connectivity index (χ0) is 24.7. The van der Waals surface area contributed by atoms with Crippen LogP contribution in [0.2, 0.25) is 0 Å². The Kier molecular flexibility index (Phi) is 8.01. The number of ether oxygens (including phenoxy) is 4. The van der Waals surface area contributed by atoms with Gasteiger partial charge in [-0.2, -0.15) is 0 Å². The van der Waals surface area contributed by atoms with E-state index in [9.17, 15) is 13.6 Å². The average molecular weight is 475 g/mol. The van der Waals surface area contributed by atoms with Gasteiger partial charge in [-0.25, -0.2) is 23.5 Å². The second kappa shape index (κ2) is 11.1. The van der Waals surface area contributed by atoms with Crippen LogP contribution in [0.5, 0.6) is 23.0 Å². The second-order valence-corrected chi connectivity index (χ2v) is 6.90. The molecule has 0 radical (unpaired) electrons. The van der Waals surface area contributed by atoms with Gasteiger partial charge in [-0.3, -0.25) is 0 Å². The van der Waals surface area contributed by atoms with Crippen LogP contribution in [-0.4, -0.2) is 41.9 Å². The number of benzene rings is 2. The van der Waals surface area contributed by atoms with Gasteiger partial charge in [-0.15, -0.1) is 0 Å². The van der Waals surface area contributed by atoms with E-state index < -0.39 is 24.2 Å². The molecule has 180 valence electrons. The summed E-state index contributed by atoms with van der Waals surface area (Å²) in [5.74, 6) is -1.64. The lowest BCUT2D eigenvalue weighted by Crippen LogP contribution is -2.10. The molecule has 9 nitrogen and oxygen atoms in total. The van der Waals surface area contributed by atoms with E-state index in [-0.39, 0.29) is 35.4 Å². The third kappa shape index (κ3) is 5.80. The lowest BCUT2D eigenvalue weighted by Gasteiger charge is -2.14. The van der Waals surface area contributed by atoms with Crippen molar-refractivity contribution in [2.45, 2.75) is 20.0 Å². The monoisotopic (exact) mass is 475 g/mol. The van der Waals surface area contributed by atoms with Crippen LogP contribution in [0.25, 0.3) is 0 Å². The van der Waals surface area contributed by atoms with Gasteiger partial charge in [-0.05, 0) is 30.2 Å². The molecule has 0 aliphatic heterocycles.